The summed E-state index contributed by atoms with van der Waals surface area (Å²) in [6, 6.07) is 6.01. The summed E-state index contributed by atoms with van der Waals surface area (Å²) in [4.78, 5) is 20.9. The van der Waals surface area contributed by atoms with Gasteiger partial charge in [-0.25, -0.2) is 0 Å². The van der Waals surface area contributed by atoms with Crippen LogP contribution in [0.15, 0.2) is 18.2 Å². The van der Waals surface area contributed by atoms with Crippen molar-refractivity contribution >= 4 is 12.2 Å². The topological polar surface area (TPSA) is 55.4 Å². The average Bonchev–Trinajstić information content (AvgIpc) is 2.38. The molecule has 0 aliphatic rings. The first-order chi connectivity index (χ1) is 8.21. The lowest BCUT2D eigenvalue weighted by molar-refractivity contribution is -0.131. The number of ether oxygens (including phenoxy) is 1. The Bertz CT molecular complexity index is 402. The molecule has 17 heavy (non-hydrogen) atoms. The first-order valence-corrected chi connectivity index (χ1v) is 5.60. The number of rotatable bonds is 6. The molecule has 4 nitrogen and oxygen atoms in total. The predicted octanol–water partition coefficient (Wildman–Crippen LogP) is 1.12. The van der Waals surface area contributed by atoms with Crippen LogP contribution in [0.2, 0.25) is 0 Å². The summed E-state index contributed by atoms with van der Waals surface area (Å²) in [5, 5.41) is 2.51. The Hall–Kier alpha value is -1.84. The fraction of sp³-hybridized carbons (Fsp3) is 0.385. The SMILES string of the molecule is CCc1ccc(OC)c(CCNC(=O)C=O)c1. The number of methoxy groups -OCH3 is 1. The van der Waals surface area contributed by atoms with E-state index in [9.17, 15) is 9.59 Å². The van der Waals surface area contributed by atoms with Gasteiger partial charge in [-0.2, -0.15) is 0 Å². The first-order valence-electron chi connectivity index (χ1n) is 5.60. The van der Waals surface area contributed by atoms with Crippen LogP contribution in [0.4, 0.5) is 0 Å². The molecule has 0 spiro atoms. The molecule has 1 aromatic carbocycles. The monoisotopic (exact) mass is 235 g/mol. The summed E-state index contributed by atoms with van der Waals surface area (Å²) in [5.41, 5.74) is 2.26. The molecule has 0 fully saturated rings. The molecule has 0 saturated heterocycles. The summed E-state index contributed by atoms with van der Waals surface area (Å²) in [6.45, 7) is 2.51. The van der Waals surface area contributed by atoms with Gasteiger partial charge in [-0.3, -0.25) is 9.59 Å². The highest BCUT2D eigenvalue weighted by Crippen LogP contribution is 2.20. The number of carbonyl (C=O) groups excluding carboxylic acids is 2. The van der Waals surface area contributed by atoms with Crippen LogP contribution in [0.1, 0.15) is 18.1 Å². The largest absolute Gasteiger partial charge is 0.496 e. The second-order valence-corrected chi connectivity index (χ2v) is 3.66. The van der Waals surface area contributed by atoms with E-state index < -0.39 is 5.91 Å². The molecule has 0 radical (unpaired) electrons. The minimum absolute atomic E-state index is 0.277. The molecule has 0 unspecified atom stereocenters. The summed E-state index contributed by atoms with van der Waals surface area (Å²) in [5.74, 6) is 0.221. The Morgan fingerprint density at radius 3 is 2.82 bits per heavy atom. The molecule has 1 aromatic rings. The van der Waals surface area contributed by atoms with Crippen LogP contribution in [-0.4, -0.2) is 25.8 Å². The van der Waals surface area contributed by atoms with E-state index in [0.717, 1.165) is 17.7 Å². The number of benzene rings is 1. The van der Waals surface area contributed by atoms with E-state index in [2.05, 4.69) is 18.3 Å². The molecule has 0 aromatic heterocycles. The molecule has 0 saturated carbocycles. The Balaban J connectivity index is 2.67. The van der Waals surface area contributed by atoms with Crippen LogP contribution in [0.25, 0.3) is 0 Å². The van der Waals surface area contributed by atoms with Gasteiger partial charge in [0.1, 0.15) is 5.75 Å². The molecule has 1 N–H and O–H groups in total. The van der Waals surface area contributed by atoms with Gasteiger partial charge < -0.3 is 10.1 Å². The zero-order chi connectivity index (χ0) is 12.7. The molecule has 0 aliphatic heterocycles. The number of carbonyl (C=O) groups is 2. The van der Waals surface area contributed by atoms with Gasteiger partial charge in [-0.05, 0) is 30.0 Å². The Labute approximate surface area is 101 Å². The van der Waals surface area contributed by atoms with Gasteiger partial charge >= 0.3 is 0 Å². The highest BCUT2D eigenvalue weighted by atomic mass is 16.5. The summed E-state index contributed by atoms with van der Waals surface area (Å²) < 4.78 is 5.25. The Morgan fingerprint density at radius 1 is 1.47 bits per heavy atom. The van der Waals surface area contributed by atoms with Crippen molar-refractivity contribution in [3.63, 3.8) is 0 Å². The third-order valence-electron chi connectivity index (χ3n) is 2.55. The smallest absolute Gasteiger partial charge is 0.284 e. The summed E-state index contributed by atoms with van der Waals surface area (Å²) in [6.07, 6.45) is 1.88. The fourth-order valence-electron chi connectivity index (χ4n) is 1.61. The molecule has 92 valence electrons. The van der Waals surface area contributed by atoms with E-state index in [4.69, 9.17) is 4.74 Å². The van der Waals surface area contributed by atoms with Crippen molar-refractivity contribution in [1.29, 1.82) is 0 Å². The first kappa shape index (κ1) is 13.2. The van der Waals surface area contributed by atoms with Gasteiger partial charge in [-0.1, -0.05) is 19.1 Å². The van der Waals surface area contributed by atoms with Gasteiger partial charge in [0.15, 0.2) is 0 Å². The van der Waals surface area contributed by atoms with Crippen molar-refractivity contribution in [3.8, 4) is 5.75 Å². The van der Waals surface area contributed by atoms with Gasteiger partial charge in [-0.15, -0.1) is 0 Å². The second kappa shape index (κ2) is 6.68. The van der Waals surface area contributed by atoms with Gasteiger partial charge in [0.2, 0.25) is 6.29 Å². The average molecular weight is 235 g/mol. The van der Waals surface area contributed by atoms with Gasteiger partial charge in [0.05, 0.1) is 7.11 Å². The summed E-state index contributed by atoms with van der Waals surface area (Å²) in [7, 11) is 1.62. The van der Waals surface area contributed by atoms with E-state index >= 15 is 0 Å². The van der Waals surface area contributed by atoms with Gasteiger partial charge in [0, 0.05) is 6.54 Å². The van der Waals surface area contributed by atoms with Crippen LogP contribution in [0.5, 0.6) is 5.75 Å². The van der Waals surface area contributed by atoms with Crippen molar-refractivity contribution in [3.05, 3.63) is 29.3 Å². The maximum atomic E-state index is 10.8. The van der Waals surface area contributed by atoms with Crippen molar-refractivity contribution in [1.82, 2.24) is 5.32 Å². The molecule has 1 rings (SSSR count). The van der Waals surface area contributed by atoms with Crippen molar-refractivity contribution < 1.29 is 14.3 Å². The van der Waals surface area contributed by atoms with Crippen LogP contribution in [-0.2, 0) is 22.4 Å². The fourth-order valence-corrected chi connectivity index (χ4v) is 1.61. The second-order valence-electron chi connectivity index (χ2n) is 3.66. The number of aldehydes is 1. The van der Waals surface area contributed by atoms with E-state index in [1.807, 2.05) is 12.1 Å². The molecule has 1 amide bonds. The van der Waals surface area contributed by atoms with Crippen molar-refractivity contribution in [2.75, 3.05) is 13.7 Å². The normalized spacial score (nSPS) is 9.76. The lowest BCUT2D eigenvalue weighted by Gasteiger charge is -2.10. The van der Waals surface area contributed by atoms with Crippen molar-refractivity contribution in [2.45, 2.75) is 19.8 Å². The van der Waals surface area contributed by atoms with Crippen LogP contribution >= 0.6 is 0 Å². The number of amides is 1. The van der Waals surface area contributed by atoms with Crippen LogP contribution in [0.3, 0.4) is 0 Å². The predicted molar refractivity (Wildman–Crippen MR) is 65.1 cm³/mol. The standard InChI is InChI=1S/C13H17NO3/c1-3-10-4-5-12(17-2)11(8-10)6-7-14-13(16)9-15/h4-5,8-9H,3,6-7H2,1-2H3,(H,14,16). The van der Waals surface area contributed by atoms with E-state index in [-0.39, 0.29) is 6.29 Å². The zero-order valence-corrected chi connectivity index (χ0v) is 10.2. The number of nitrogens with one attached hydrogen (secondary N) is 1. The molecule has 0 heterocycles. The van der Waals surface area contributed by atoms with E-state index in [1.165, 1.54) is 5.56 Å². The molecule has 0 aliphatic carbocycles. The van der Waals surface area contributed by atoms with Crippen LogP contribution < -0.4 is 10.1 Å². The van der Waals surface area contributed by atoms with Crippen molar-refractivity contribution in [2.24, 2.45) is 0 Å². The number of hydrogen-bond donors (Lipinski definition) is 1. The van der Waals surface area contributed by atoms with Crippen LogP contribution in [0, 0.1) is 0 Å². The third kappa shape index (κ3) is 3.90. The highest BCUT2D eigenvalue weighted by Gasteiger charge is 2.04. The number of hydrogen-bond acceptors (Lipinski definition) is 3. The molecule has 0 atom stereocenters. The molecular weight excluding hydrogens is 218 g/mol. The van der Waals surface area contributed by atoms with Gasteiger partial charge in [0.25, 0.3) is 5.91 Å². The summed E-state index contributed by atoms with van der Waals surface area (Å²) >= 11 is 0. The zero-order valence-electron chi connectivity index (χ0n) is 10.2. The Morgan fingerprint density at radius 2 is 2.24 bits per heavy atom. The van der Waals surface area contributed by atoms with E-state index in [0.29, 0.717) is 13.0 Å². The third-order valence-corrected chi connectivity index (χ3v) is 2.55. The quantitative estimate of drug-likeness (QED) is 0.593. The minimum Gasteiger partial charge on any atom is -0.496 e. The maximum Gasteiger partial charge on any atom is 0.284 e. The van der Waals surface area contributed by atoms with E-state index in [1.54, 1.807) is 7.11 Å². The highest BCUT2D eigenvalue weighted by molar-refractivity contribution is 6.23. The molecule has 4 heteroatoms. The lowest BCUT2D eigenvalue weighted by Crippen LogP contribution is -2.26. The minimum atomic E-state index is -0.587. The lowest BCUT2D eigenvalue weighted by atomic mass is 10.1. The Kier molecular flexibility index (Phi) is 5.20. The molecule has 0 bridgehead atoms. The molecular formula is C13H17NO3. The number of aryl methyl sites for hydroxylation is 1. The maximum absolute atomic E-state index is 10.8.